The van der Waals surface area contributed by atoms with Crippen LogP contribution in [0.2, 0.25) is 0 Å². The average Bonchev–Trinajstić information content (AvgIpc) is 3.09. The zero-order valence-electron chi connectivity index (χ0n) is 11.4. The molecule has 0 saturated heterocycles. The lowest BCUT2D eigenvalue weighted by Crippen LogP contribution is -2.17. The third-order valence-electron chi connectivity index (χ3n) is 3.05. The van der Waals surface area contributed by atoms with Gasteiger partial charge in [0.25, 0.3) is 5.89 Å². The first-order valence-electron chi connectivity index (χ1n) is 6.89. The van der Waals surface area contributed by atoms with E-state index in [0.717, 1.165) is 30.8 Å². The molecule has 104 valence electrons. The highest BCUT2D eigenvalue weighted by atomic mass is 32.1. The van der Waals surface area contributed by atoms with Crippen molar-refractivity contribution in [2.45, 2.75) is 19.8 Å². The van der Waals surface area contributed by atoms with Crippen LogP contribution in [0.4, 0.5) is 0 Å². The predicted octanol–water partition coefficient (Wildman–Crippen LogP) is 3.49. The summed E-state index contributed by atoms with van der Waals surface area (Å²) in [4.78, 5) is 1.03. The third-order valence-corrected chi connectivity index (χ3v) is 4.15. The van der Waals surface area contributed by atoms with Gasteiger partial charge in [-0.25, -0.2) is 0 Å². The first-order valence-corrected chi connectivity index (χ1v) is 7.70. The van der Waals surface area contributed by atoms with Crippen LogP contribution in [0, 0.1) is 0 Å². The number of rotatable bonds is 6. The van der Waals surface area contributed by atoms with Crippen molar-refractivity contribution >= 4 is 21.4 Å². The molecule has 2 heterocycles. The predicted molar refractivity (Wildman–Crippen MR) is 82.0 cm³/mol. The molecule has 20 heavy (non-hydrogen) atoms. The molecule has 0 spiro atoms. The molecule has 0 unspecified atom stereocenters. The molecule has 3 rings (SSSR count). The molecular formula is C15H17N3OS. The molecule has 1 N–H and O–H groups in total. The fraction of sp³-hybridized carbons (Fsp3) is 0.333. The highest BCUT2D eigenvalue weighted by Gasteiger charge is 2.11. The number of nitrogens with one attached hydrogen (secondary N) is 1. The van der Waals surface area contributed by atoms with Gasteiger partial charge in [-0.15, -0.1) is 21.5 Å². The fourth-order valence-corrected chi connectivity index (χ4v) is 3.02. The number of aromatic nitrogens is 2. The van der Waals surface area contributed by atoms with Crippen LogP contribution in [0.15, 0.2) is 34.7 Å². The first kappa shape index (κ1) is 13.3. The maximum Gasteiger partial charge on any atom is 0.257 e. The Bertz CT molecular complexity index is 656. The van der Waals surface area contributed by atoms with Crippen molar-refractivity contribution in [3.63, 3.8) is 0 Å². The molecule has 0 bridgehead atoms. The largest absolute Gasteiger partial charge is 0.420 e. The molecule has 2 aromatic heterocycles. The van der Waals surface area contributed by atoms with E-state index in [-0.39, 0.29) is 0 Å². The van der Waals surface area contributed by atoms with E-state index in [9.17, 15) is 0 Å². The van der Waals surface area contributed by atoms with E-state index in [2.05, 4.69) is 40.6 Å². The number of thiophene rings is 1. The van der Waals surface area contributed by atoms with Gasteiger partial charge in [-0.3, -0.25) is 0 Å². The summed E-state index contributed by atoms with van der Waals surface area (Å²) in [6, 6.07) is 10.4. The summed E-state index contributed by atoms with van der Waals surface area (Å²) in [5.41, 5.74) is 0. The van der Waals surface area contributed by atoms with E-state index >= 15 is 0 Å². The Kier molecular flexibility index (Phi) is 4.08. The lowest BCUT2D eigenvalue weighted by molar-refractivity contribution is 0.495. The van der Waals surface area contributed by atoms with E-state index < -0.39 is 0 Å². The summed E-state index contributed by atoms with van der Waals surface area (Å²) in [6.45, 7) is 4.05. The topological polar surface area (TPSA) is 51.0 Å². The molecule has 0 aliphatic carbocycles. The number of fused-ring (bicyclic) bond motifs is 1. The Hall–Kier alpha value is -1.72. The molecule has 1 aromatic carbocycles. The SMILES string of the molecule is CCCNCCc1nnc(-c2cc3ccccc3s2)o1. The van der Waals surface area contributed by atoms with Crippen molar-refractivity contribution < 1.29 is 4.42 Å². The summed E-state index contributed by atoms with van der Waals surface area (Å²) >= 11 is 1.68. The van der Waals surface area contributed by atoms with Crippen LogP contribution in [-0.2, 0) is 6.42 Å². The fourth-order valence-electron chi connectivity index (χ4n) is 2.04. The van der Waals surface area contributed by atoms with Crippen molar-refractivity contribution in [1.82, 2.24) is 15.5 Å². The Balaban J connectivity index is 1.72. The first-order chi connectivity index (χ1) is 9.86. The van der Waals surface area contributed by atoms with E-state index in [1.807, 2.05) is 12.1 Å². The molecule has 0 saturated carbocycles. The van der Waals surface area contributed by atoms with Crippen molar-refractivity contribution in [3.8, 4) is 10.8 Å². The van der Waals surface area contributed by atoms with Crippen LogP contribution in [0.3, 0.4) is 0 Å². The highest BCUT2D eigenvalue weighted by Crippen LogP contribution is 2.32. The molecule has 0 atom stereocenters. The van der Waals surface area contributed by atoms with Gasteiger partial charge in [0.1, 0.15) is 0 Å². The summed E-state index contributed by atoms with van der Waals surface area (Å²) in [5.74, 6) is 1.32. The normalized spacial score (nSPS) is 11.2. The Morgan fingerprint density at radius 3 is 2.95 bits per heavy atom. The molecule has 0 fully saturated rings. The van der Waals surface area contributed by atoms with Crippen molar-refractivity contribution in [3.05, 3.63) is 36.2 Å². The minimum Gasteiger partial charge on any atom is -0.420 e. The summed E-state index contributed by atoms with van der Waals surface area (Å²) in [7, 11) is 0. The lowest BCUT2D eigenvalue weighted by atomic mass is 10.2. The Morgan fingerprint density at radius 1 is 1.20 bits per heavy atom. The van der Waals surface area contributed by atoms with Crippen LogP contribution in [0.1, 0.15) is 19.2 Å². The minimum absolute atomic E-state index is 0.622. The smallest absolute Gasteiger partial charge is 0.257 e. The summed E-state index contributed by atoms with van der Waals surface area (Å²) in [5, 5.41) is 12.8. The number of benzene rings is 1. The van der Waals surface area contributed by atoms with Gasteiger partial charge in [0.2, 0.25) is 5.89 Å². The van der Waals surface area contributed by atoms with Gasteiger partial charge >= 0.3 is 0 Å². The number of hydrogen-bond donors (Lipinski definition) is 1. The monoisotopic (exact) mass is 287 g/mol. The van der Waals surface area contributed by atoms with E-state index in [1.54, 1.807) is 11.3 Å². The minimum atomic E-state index is 0.622. The van der Waals surface area contributed by atoms with Crippen LogP contribution in [-0.4, -0.2) is 23.3 Å². The molecule has 0 aliphatic heterocycles. The second-order valence-corrected chi connectivity index (χ2v) is 5.73. The molecule has 3 aromatic rings. The maximum atomic E-state index is 5.73. The van der Waals surface area contributed by atoms with E-state index in [4.69, 9.17) is 4.42 Å². The average molecular weight is 287 g/mol. The van der Waals surface area contributed by atoms with Gasteiger partial charge < -0.3 is 9.73 Å². The van der Waals surface area contributed by atoms with E-state index in [0.29, 0.717) is 11.8 Å². The molecule has 5 heteroatoms. The number of hydrogen-bond acceptors (Lipinski definition) is 5. The van der Waals surface area contributed by atoms with Crippen molar-refractivity contribution in [2.75, 3.05) is 13.1 Å². The van der Waals surface area contributed by atoms with Gasteiger partial charge in [-0.1, -0.05) is 25.1 Å². The highest BCUT2D eigenvalue weighted by molar-refractivity contribution is 7.22. The molecule has 0 radical (unpaired) electrons. The third kappa shape index (κ3) is 2.89. The maximum absolute atomic E-state index is 5.73. The van der Waals surface area contributed by atoms with Crippen LogP contribution in [0.5, 0.6) is 0 Å². The second-order valence-electron chi connectivity index (χ2n) is 4.65. The number of nitrogens with zero attached hydrogens (tertiary/aromatic N) is 2. The van der Waals surface area contributed by atoms with Gasteiger partial charge in [0.15, 0.2) is 0 Å². The molecule has 0 amide bonds. The summed E-state index contributed by atoms with van der Waals surface area (Å²) < 4.78 is 6.97. The van der Waals surface area contributed by atoms with Gasteiger partial charge in [0, 0.05) is 17.7 Å². The van der Waals surface area contributed by atoms with Crippen LogP contribution in [0.25, 0.3) is 20.9 Å². The molecular weight excluding hydrogens is 270 g/mol. The molecule has 4 nitrogen and oxygen atoms in total. The zero-order chi connectivity index (χ0) is 13.8. The standard InChI is InChI=1S/C15H17N3OS/c1-2-8-16-9-7-14-17-18-15(19-14)13-10-11-5-3-4-6-12(11)20-13/h3-6,10,16H,2,7-9H2,1H3. The second kappa shape index (κ2) is 6.15. The summed E-state index contributed by atoms with van der Waals surface area (Å²) in [6.07, 6.45) is 1.91. The Morgan fingerprint density at radius 2 is 2.10 bits per heavy atom. The van der Waals surface area contributed by atoms with Crippen molar-refractivity contribution in [2.24, 2.45) is 0 Å². The van der Waals surface area contributed by atoms with Gasteiger partial charge in [0.05, 0.1) is 4.88 Å². The lowest BCUT2D eigenvalue weighted by Gasteiger charge is -1.98. The molecule has 0 aliphatic rings. The quantitative estimate of drug-likeness (QED) is 0.705. The van der Waals surface area contributed by atoms with Crippen LogP contribution >= 0.6 is 11.3 Å². The van der Waals surface area contributed by atoms with Crippen molar-refractivity contribution in [1.29, 1.82) is 0 Å². The zero-order valence-corrected chi connectivity index (χ0v) is 12.2. The Labute approximate surface area is 121 Å². The van der Waals surface area contributed by atoms with Gasteiger partial charge in [-0.2, -0.15) is 0 Å². The van der Waals surface area contributed by atoms with Crippen LogP contribution < -0.4 is 5.32 Å². The van der Waals surface area contributed by atoms with E-state index in [1.165, 1.54) is 10.1 Å². The van der Waals surface area contributed by atoms with Gasteiger partial charge in [-0.05, 0) is 30.5 Å².